The average Bonchev–Trinajstić information content (AvgIpc) is 2.60. The Balaban J connectivity index is 1.70. The standard InChI is InChI=1S/C17H22F3N3O2/c18-17(19,20)12-3-1-4-13(9-12)22-15(25)23-8-5-14-16(10-23,11-24)6-2-7-21-14/h1,3-4,9,14,21,24H,2,5-8,10-11H2,(H,22,25)/t14-,16-/m1/s1. The van der Waals surface area contributed by atoms with Crippen molar-refractivity contribution in [1.82, 2.24) is 10.2 Å². The Kier molecular flexibility index (Phi) is 4.92. The molecule has 1 aromatic rings. The summed E-state index contributed by atoms with van der Waals surface area (Å²) in [4.78, 5) is 14.1. The Bertz CT molecular complexity index is 638. The summed E-state index contributed by atoms with van der Waals surface area (Å²) in [6.45, 7) is 1.79. The van der Waals surface area contributed by atoms with Gasteiger partial charge in [0.25, 0.3) is 0 Å². The molecule has 2 amide bonds. The number of carbonyl (C=O) groups is 1. The smallest absolute Gasteiger partial charge is 0.396 e. The van der Waals surface area contributed by atoms with Gasteiger partial charge in [-0.1, -0.05) is 6.07 Å². The monoisotopic (exact) mass is 357 g/mol. The van der Waals surface area contributed by atoms with Crippen molar-refractivity contribution in [3.63, 3.8) is 0 Å². The number of nitrogens with zero attached hydrogens (tertiary/aromatic N) is 1. The molecule has 0 radical (unpaired) electrons. The molecule has 0 aliphatic carbocycles. The summed E-state index contributed by atoms with van der Waals surface area (Å²) in [6.07, 6.45) is -1.97. The topological polar surface area (TPSA) is 64.6 Å². The largest absolute Gasteiger partial charge is 0.416 e. The SMILES string of the molecule is O=C(Nc1cccc(C(F)(F)F)c1)N1CC[C@H]2NCCC[C@]2(CO)C1. The van der Waals surface area contributed by atoms with Crippen LogP contribution in [0.2, 0.25) is 0 Å². The average molecular weight is 357 g/mol. The van der Waals surface area contributed by atoms with Gasteiger partial charge in [0, 0.05) is 30.2 Å². The normalized spacial score (nSPS) is 26.9. The van der Waals surface area contributed by atoms with E-state index in [0.29, 0.717) is 13.1 Å². The third kappa shape index (κ3) is 3.74. The Morgan fingerprint density at radius 3 is 2.96 bits per heavy atom. The zero-order chi connectivity index (χ0) is 18.1. The Hall–Kier alpha value is -1.80. The molecular weight excluding hydrogens is 335 g/mol. The van der Waals surface area contributed by atoms with Crippen molar-refractivity contribution in [3.8, 4) is 0 Å². The highest BCUT2D eigenvalue weighted by atomic mass is 19.4. The molecule has 0 saturated carbocycles. The first-order chi connectivity index (χ1) is 11.8. The number of hydrogen-bond donors (Lipinski definition) is 3. The van der Waals surface area contributed by atoms with Gasteiger partial charge in [-0.2, -0.15) is 13.2 Å². The third-order valence-electron chi connectivity index (χ3n) is 5.22. The van der Waals surface area contributed by atoms with Crippen LogP contribution < -0.4 is 10.6 Å². The summed E-state index contributed by atoms with van der Waals surface area (Å²) in [5.41, 5.74) is -1.06. The van der Waals surface area contributed by atoms with E-state index in [1.54, 1.807) is 4.90 Å². The van der Waals surface area contributed by atoms with Gasteiger partial charge in [0.05, 0.1) is 12.2 Å². The maximum Gasteiger partial charge on any atom is 0.416 e. The number of hydrogen-bond acceptors (Lipinski definition) is 3. The fourth-order valence-electron chi connectivity index (χ4n) is 3.84. The lowest BCUT2D eigenvalue weighted by Gasteiger charge is -2.50. The molecule has 138 valence electrons. The van der Waals surface area contributed by atoms with Crippen molar-refractivity contribution in [2.75, 3.05) is 31.6 Å². The maximum atomic E-state index is 12.8. The third-order valence-corrected chi connectivity index (χ3v) is 5.22. The van der Waals surface area contributed by atoms with Crippen LogP contribution in [-0.2, 0) is 6.18 Å². The second kappa shape index (κ2) is 6.84. The number of likely N-dealkylation sites (tertiary alicyclic amines) is 1. The highest BCUT2D eigenvalue weighted by Gasteiger charge is 2.45. The van der Waals surface area contributed by atoms with Crippen LogP contribution >= 0.6 is 0 Å². The van der Waals surface area contributed by atoms with Gasteiger partial charge in [0.15, 0.2) is 0 Å². The minimum absolute atomic E-state index is 0.0159. The zero-order valence-electron chi connectivity index (χ0n) is 13.8. The summed E-state index contributed by atoms with van der Waals surface area (Å²) in [6, 6.07) is 4.33. The minimum Gasteiger partial charge on any atom is -0.396 e. The van der Waals surface area contributed by atoms with Crippen LogP contribution in [0.25, 0.3) is 0 Å². The molecule has 0 bridgehead atoms. The van der Waals surface area contributed by atoms with Gasteiger partial charge in [-0.05, 0) is 44.0 Å². The number of aliphatic hydroxyl groups excluding tert-OH is 1. The van der Waals surface area contributed by atoms with Crippen LogP contribution in [-0.4, -0.2) is 48.3 Å². The van der Waals surface area contributed by atoms with E-state index in [9.17, 15) is 23.1 Å². The summed E-state index contributed by atoms with van der Waals surface area (Å²) >= 11 is 0. The number of urea groups is 1. The number of alkyl halides is 3. The minimum atomic E-state index is -4.45. The quantitative estimate of drug-likeness (QED) is 0.763. The van der Waals surface area contributed by atoms with Gasteiger partial charge in [0.2, 0.25) is 0 Å². The van der Waals surface area contributed by atoms with Crippen LogP contribution in [0.3, 0.4) is 0 Å². The molecule has 3 N–H and O–H groups in total. The molecule has 8 heteroatoms. The van der Waals surface area contributed by atoms with Gasteiger partial charge in [-0.15, -0.1) is 0 Å². The Morgan fingerprint density at radius 2 is 2.24 bits per heavy atom. The summed E-state index contributed by atoms with van der Waals surface area (Å²) in [7, 11) is 0. The Labute approximate surface area is 144 Å². The molecule has 3 rings (SSSR count). The number of benzene rings is 1. The van der Waals surface area contributed by atoms with Crippen molar-refractivity contribution in [2.45, 2.75) is 31.5 Å². The molecule has 2 aliphatic rings. The van der Waals surface area contributed by atoms with E-state index in [4.69, 9.17) is 0 Å². The van der Waals surface area contributed by atoms with Crippen LogP contribution in [0.4, 0.5) is 23.7 Å². The van der Waals surface area contributed by atoms with Crippen LogP contribution in [0.1, 0.15) is 24.8 Å². The van der Waals surface area contributed by atoms with E-state index < -0.39 is 17.8 Å². The van der Waals surface area contributed by atoms with Crippen LogP contribution in [0, 0.1) is 5.41 Å². The van der Waals surface area contributed by atoms with E-state index in [1.807, 2.05) is 0 Å². The zero-order valence-corrected chi connectivity index (χ0v) is 13.8. The molecule has 1 aromatic carbocycles. The number of halogens is 3. The molecule has 0 unspecified atom stereocenters. The number of fused-ring (bicyclic) bond motifs is 1. The number of anilines is 1. The van der Waals surface area contributed by atoms with Gasteiger partial charge < -0.3 is 20.6 Å². The molecule has 2 heterocycles. The van der Waals surface area contributed by atoms with Gasteiger partial charge >= 0.3 is 12.2 Å². The van der Waals surface area contributed by atoms with E-state index in [-0.39, 0.29) is 23.8 Å². The molecule has 0 aromatic heterocycles. The molecule has 5 nitrogen and oxygen atoms in total. The second-order valence-corrected chi connectivity index (χ2v) is 6.85. The fourth-order valence-corrected chi connectivity index (χ4v) is 3.84. The molecule has 2 fully saturated rings. The van der Waals surface area contributed by atoms with Crippen molar-refractivity contribution < 1.29 is 23.1 Å². The summed E-state index contributed by atoms with van der Waals surface area (Å²) in [5, 5.41) is 15.8. The number of rotatable bonds is 2. The van der Waals surface area contributed by atoms with Crippen LogP contribution in [0.5, 0.6) is 0 Å². The first-order valence-electron chi connectivity index (χ1n) is 8.41. The second-order valence-electron chi connectivity index (χ2n) is 6.85. The van der Waals surface area contributed by atoms with Gasteiger partial charge in [-0.3, -0.25) is 0 Å². The molecule has 2 saturated heterocycles. The van der Waals surface area contributed by atoms with Crippen molar-refractivity contribution in [3.05, 3.63) is 29.8 Å². The van der Waals surface area contributed by atoms with E-state index >= 15 is 0 Å². The van der Waals surface area contributed by atoms with E-state index in [1.165, 1.54) is 12.1 Å². The van der Waals surface area contributed by atoms with Crippen molar-refractivity contribution in [2.24, 2.45) is 5.41 Å². The lowest BCUT2D eigenvalue weighted by atomic mass is 9.71. The number of nitrogens with one attached hydrogen (secondary N) is 2. The number of carbonyl (C=O) groups excluding carboxylic acids is 1. The number of amides is 2. The van der Waals surface area contributed by atoms with Gasteiger partial charge in [-0.25, -0.2) is 4.79 Å². The van der Waals surface area contributed by atoms with Crippen LogP contribution in [0.15, 0.2) is 24.3 Å². The Morgan fingerprint density at radius 1 is 1.44 bits per heavy atom. The van der Waals surface area contributed by atoms with Crippen molar-refractivity contribution in [1.29, 1.82) is 0 Å². The number of aliphatic hydroxyl groups is 1. The summed E-state index contributed by atoms with van der Waals surface area (Å²) in [5.74, 6) is 0. The highest BCUT2D eigenvalue weighted by Crippen LogP contribution is 2.37. The molecule has 2 aliphatic heterocycles. The summed E-state index contributed by atoms with van der Waals surface area (Å²) < 4.78 is 38.4. The first kappa shape index (κ1) is 18.0. The highest BCUT2D eigenvalue weighted by molar-refractivity contribution is 5.89. The molecule has 25 heavy (non-hydrogen) atoms. The predicted molar refractivity (Wildman–Crippen MR) is 87.2 cm³/mol. The lowest BCUT2D eigenvalue weighted by Crippen LogP contribution is -2.62. The van der Waals surface area contributed by atoms with E-state index in [2.05, 4.69) is 10.6 Å². The number of piperidine rings is 2. The first-order valence-corrected chi connectivity index (χ1v) is 8.41. The molecular formula is C17H22F3N3O2. The predicted octanol–water partition coefficient (Wildman–Crippen LogP) is 2.67. The molecule has 0 spiro atoms. The lowest BCUT2D eigenvalue weighted by molar-refractivity contribution is -0.137. The van der Waals surface area contributed by atoms with Crippen molar-refractivity contribution >= 4 is 11.7 Å². The fraction of sp³-hybridized carbons (Fsp3) is 0.588. The maximum absolute atomic E-state index is 12.8. The molecule has 2 atom stereocenters. The van der Waals surface area contributed by atoms with E-state index in [0.717, 1.165) is 37.9 Å². The van der Waals surface area contributed by atoms with Gasteiger partial charge in [0.1, 0.15) is 0 Å².